The number of carbonyl (C=O) groups excluding carboxylic acids is 2. The SMILES string of the molecule is C=CCCC(C)=CC(=O)O[C@@H]1C[C@@H](CC[C@H](C)C=C)O[C@@](OC)([C@@H]2CSC(=O)N2Cc2ccc(OC)cc2)C1. The number of hydrogen-bond donors (Lipinski definition) is 0. The van der Waals surface area contributed by atoms with Gasteiger partial charge in [-0.15, -0.1) is 13.2 Å². The van der Waals surface area contributed by atoms with Crippen LogP contribution in [0, 0.1) is 5.92 Å². The fourth-order valence-electron chi connectivity index (χ4n) is 5.11. The Hall–Kier alpha value is -2.55. The van der Waals surface area contributed by atoms with Crippen molar-refractivity contribution in [2.24, 2.45) is 5.92 Å². The van der Waals surface area contributed by atoms with Crippen LogP contribution in [-0.4, -0.2) is 60.1 Å². The standard InChI is InChI=1S/C31H43NO6S/c1-7-9-10-23(4)17-29(33)37-27-18-26(14-11-22(3)8-2)38-31(19-27,36-6)28-21-39-30(34)32(28)20-24-12-15-25(35-5)16-13-24/h7-8,12-13,15-17,22,26-28H,1-2,9-11,14,18-21H2,3-6H3/t22-,26-,27-,28+,31-/m1/s1. The van der Waals surface area contributed by atoms with Crippen LogP contribution in [0.25, 0.3) is 0 Å². The third kappa shape index (κ3) is 8.47. The average Bonchev–Trinajstić information content (AvgIpc) is 3.30. The first-order chi connectivity index (χ1) is 18.7. The smallest absolute Gasteiger partial charge is 0.330 e. The van der Waals surface area contributed by atoms with Gasteiger partial charge in [0.1, 0.15) is 11.9 Å². The molecule has 0 saturated carbocycles. The van der Waals surface area contributed by atoms with Gasteiger partial charge in [-0.2, -0.15) is 0 Å². The third-order valence-electron chi connectivity index (χ3n) is 7.48. The predicted octanol–water partition coefficient (Wildman–Crippen LogP) is 6.68. The quantitative estimate of drug-likeness (QED) is 0.143. The fourth-order valence-corrected chi connectivity index (χ4v) is 6.20. The zero-order valence-corrected chi connectivity index (χ0v) is 24.5. The molecule has 0 N–H and O–H groups in total. The molecule has 2 fully saturated rings. The molecule has 1 aromatic carbocycles. The van der Waals surface area contributed by atoms with E-state index in [0.717, 1.165) is 42.6 Å². The van der Waals surface area contributed by atoms with E-state index in [1.807, 2.05) is 48.2 Å². The van der Waals surface area contributed by atoms with Gasteiger partial charge in [0.15, 0.2) is 5.79 Å². The summed E-state index contributed by atoms with van der Waals surface area (Å²) in [6.07, 6.45) is 8.90. The molecule has 0 spiro atoms. The Morgan fingerprint density at radius 2 is 2.03 bits per heavy atom. The highest BCUT2D eigenvalue weighted by Gasteiger charge is 2.54. The summed E-state index contributed by atoms with van der Waals surface area (Å²) >= 11 is 1.27. The van der Waals surface area contributed by atoms with Crippen molar-refractivity contribution in [1.29, 1.82) is 0 Å². The van der Waals surface area contributed by atoms with Crippen molar-refractivity contribution < 1.29 is 28.5 Å². The van der Waals surface area contributed by atoms with Crippen molar-refractivity contribution in [3.8, 4) is 5.75 Å². The topological polar surface area (TPSA) is 74.3 Å². The molecule has 2 saturated heterocycles. The van der Waals surface area contributed by atoms with Crippen LogP contribution in [0.2, 0.25) is 0 Å². The molecule has 5 atom stereocenters. The van der Waals surface area contributed by atoms with Crippen LogP contribution in [0.15, 0.2) is 61.2 Å². The molecule has 8 heteroatoms. The number of ether oxygens (including phenoxy) is 4. The number of amides is 1. The second kappa shape index (κ2) is 14.7. The summed E-state index contributed by atoms with van der Waals surface area (Å²) in [5.41, 5.74) is 1.93. The Balaban J connectivity index is 1.84. The molecule has 1 aromatic rings. The van der Waals surface area contributed by atoms with E-state index in [4.69, 9.17) is 18.9 Å². The van der Waals surface area contributed by atoms with Crippen molar-refractivity contribution >= 4 is 23.0 Å². The largest absolute Gasteiger partial charge is 0.497 e. The lowest BCUT2D eigenvalue weighted by Gasteiger charge is -2.48. The number of rotatable bonds is 14. The molecule has 2 aliphatic rings. The molecule has 3 rings (SSSR count). The first-order valence-corrected chi connectivity index (χ1v) is 14.6. The van der Waals surface area contributed by atoms with Crippen molar-refractivity contribution in [2.45, 2.75) is 83.0 Å². The number of nitrogens with zero attached hydrogens (tertiary/aromatic N) is 1. The van der Waals surface area contributed by atoms with Crippen LogP contribution in [0.5, 0.6) is 5.75 Å². The summed E-state index contributed by atoms with van der Waals surface area (Å²) in [5.74, 6) is 0.160. The zero-order chi connectivity index (χ0) is 28.4. The van der Waals surface area contributed by atoms with Crippen molar-refractivity contribution in [3.63, 3.8) is 0 Å². The summed E-state index contributed by atoms with van der Waals surface area (Å²) in [7, 11) is 3.24. The van der Waals surface area contributed by atoms with Crippen molar-refractivity contribution in [3.05, 3.63) is 66.8 Å². The van der Waals surface area contributed by atoms with Crippen molar-refractivity contribution in [2.75, 3.05) is 20.0 Å². The van der Waals surface area contributed by atoms with Crippen molar-refractivity contribution in [1.82, 2.24) is 4.90 Å². The zero-order valence-electron chi connectivity index (χ0n) is 23.7. The third-order valence-corrected chi connectivity index (χ3v) is 8.44. The second-order valence-electron chi connectivity index (χ2n) is 10.4. The minimum Gasteiger partial charge on any atom is -0.497 e. The first-order valence-electron chi connectivity index (χ1n) is 13.6. The molecule has 7 nitrogen and oxygen atoms in total. The Morgan fingerprint density at radius 3 is 2.67 bits per heavy atom. The molecule has 0 radical (unpaired) electrons. The molecular formula is C31H43NO6S. The van der Waals surface area contributed by atoms with E-state index in [1.165, 1.54) is 11.8 Å². The van der Waals surface area contributed by atoms with E-state index in [2.05, 4.69) is 20.1 Å². The first kappa shape index (κ1) is 31.0. The maximum atomic E-state index is 13.1. The summed E-state index contributed by atoms with van der Waals surface area (Å²) in [6, 6.07) is 7.35. The number of esters is 1. The molecular weight excluding hydrogens is 514 g/mol. The lowest BCUT2D eigenvalue weighted by atomic mass is 9.89. The molecule has 1 amide bonds. The summed E-state index contributed by atoms with van der Waals surface area (Å²) in [4.78, 5) is 27.7. The van der Waals surface area contributed by atoms with Gasteiger partial charge in [0.05, 0.1) is 19.3 Å². The van der Waals surface area contributed by atoms with Crippen LogP contribution >= 0.6 is 11.8 Å². The molecule has 214 valence electrons. The molecule has 0 aliphatic carbocycles. The number of benzene rings is 1. The van der Waals surface area contributed by atoms with Gasteiger partial charge in [-0.3, -0.25) is 4.79 Å². The Bertz CT molecular complexity index is 1020. The van der Waals surface area contributed by atoms with Gasteiger partial charge in [-0.1, -0.05) is 48.5 Å². The van der Waals surface area contributed by atoms with Crippen LogP contribution in [0.1, 0.15) is 57.9 Å². The van der Waals surface area contributed by atoms with Gasteiger partial charge < -0.3 is 23.8 Å². The molecule has 0 unspecified atom stereocenters. The van der Waals surface area contributed by atoms with E-state index >= 15 is 0 Å². The van der Waals surface area contributed by atoms with E-state index in [-0.39, 0.29) is 23.4 Å². The number of methoxy groups -OCH3 is 2. The molecule has 2 aliphatic heterocycles. The van der Waals surface area contributed by atoms with Crippen LogP contribution < -0.4 is 4.74 Å². The molecule has 2 heterocycles. The van der Waals surface area contributed by atoms with Crippen LogP contribution in [0.3, 0.4) is 0 Å². The lowest BCUT2D eigenvalue weighted by Crippen LogP contribution is -2.60. The molecule has 39 heavy (non-hydrogen) atoms. The average molecular weight is 558 g/mol. The number of allylic oxidation sites excluding steroid dienone is 3. The van der Waals surface area contributed by atoms with Gasteiger partial charge in [-0.05, 0) is 56.2 Å². The maximum Gasteiger partial charge on any atom is 0.330 e. The molecule has 0 bridgehead atoms. The summed E-state index contributed by atoms with van der Waals surface area (Å²) < 4.78 is 24.1. The van der Waals surface area contributed by atoms with E-state index in [9.17, 15) is 9.59 Å². The molecule has 0 aromatic heterocycles. The van der Waals surface area contributed by atoms with E-state index in [1.54, 1.807) is 20.3 Å². The monoisotopic (exact) mass is 557 g/mol. The highest BCUT2D eigenvalue weighted by Crippen LogP contribution is 2.43. The van der Waals surface area contributed by atoms with E-state index in [0.29, 0.717) is 31.1 Å². The normalized spacial score (nSPS) is 26.3. The number of carbonyl (C=O) groups is 2. The fraction of sp³-hybridized carbons (Fsp3) is 0.548. The van der Waals surface area contributed by atoms with Gasteiger partial charge in [0.25, 0.3) is 5.24 Å². The van der Waals surface area contributed by atoms with Crippen LogP contribution in [-0.2, 0) is 25.5 Å². The maximum absolute atomic E-state index is 13.1. The predicted molar refractivity (Wildman–Crippen MR) is 156 cm³/mol. The van der Waals surface area contributed by atoms with Gasteiger partial charge in [0.2, 0.25) is 0 Å². The highest BCUT2D eigenvalue weighted by molar-refractivity contribution is 8.13. The second-order valence-corrected chi connectivity index (χ2v) is 11.4. The van der Waals surface area contributed by atoms with Gasteiger partial charge >= 0.3 is 5.97 Å². The minimum absolute atomic E-state index is 0.0208. The Kier molecular flexibility index (Phi) is 11.7. The van der Waals surface area contributed by atoms with Gasteiger partial charge in [-0.25, -0.2) is 4.79 Å². The highest BCUT2D eigenvalue weighted by atomic mass is 32.2. The van der Waals surface area contributed by atoms with Crippen LogP contribution in [0.4, 0.5) is 4.79 Å². The Morgan fingerprint density at radius 1 is 1.28 bits per heavy atom. The van der Waals surface area contributed by atoms with E-state index < -0.39 is 11.9 Å². The number of hydrogen-bond acceptors (Lipinski definition) is 7. The Labute approximate surface area is 237 Å². The summed E-state index contributed by atoms with van der Waals surface area (Å²) in [5, 5.41) is -0.0208. The minimum atomic E-state index is -1.10. The lowest BCUT2D eigenvalue weighted by molar-refractivity contribution is -0.305. The summed E-state index contributed by atoms with van der Waals surface area (Å²) in [6.45, 7) is 12.1. The van der Waals surface area contributed by atoms with Gasteiger partial charge in [0, 0.05) is 38.3 Å². The number of thioether (sulfide) groups is 1.